The summed E-state index contributed by atoms with van der Waals surface area (Å²) in [5, 5.41) is 14.1. The molecule has 4 N–H and O–H groups in total. The van der Waals surface area contributed by atoms with Crippen LogP contribution in [-0.2, 0) is 54.1 Å². The van der Waals surface area contributed by atoms with Crippen LogP contribution >= 0.6 is 23.4 Å². The number of likely N-dealkylation sites (tertiary alicyclic amines) is 1. The average Bonchev–Trinajstić information content (AvgIpc) is 3.91. The van der Waals surface area contributed by atoms with E-state index in [-0.39, 0.29) is 66.0 Å². The van der Waals surface area contributed by atoms with Gasteiger partial charge in [0.25, 0.3) is 0 Å². The SMILES string of the molecule is COc1cc2cc(c1Cl)N(C)C(=O)C[C@H](OC(=O)C(C)N(C)C(=O)CCSC1CC(=O)N(CC3CCC(C(N)=O)CC3)C1=O)[C@]1(C)O[C@H]1[C@H](C)[C@]1(C)CC(O)(NC(=O)O1)[C@H](OC)/C=C/C=C(\C)C2. The number of nitrogens with one attached hydrogen (secondary N) is 1. The lowest BCUT2D eigenvalue weighted by Crippen LogP contribution is -2.67. The maximum Gasteiger partial charge on any atom is 0.410 e. The number of hydrogen-bond donors (Lipinski definition) is 3. The number of nitrogens with two attached hydrogens (primary N) is 1. The number of allylic oxidation sites excluding steroid dienone is 3. The zero-order valence-electron chi connectivity index (χ0n) is 40.3. The maximum absolute atomic E-state index is 14.4. The van der Waals surface area contributed by atoms with Crippen molar-refractivity contribution in [3.63, 3.8) is 0 Å². The molecule has 0 radical (unpaired) electrons. The number of nitrogens with zero attached hydrogens (tertiary/aromatic N) is 3. The van der Waals surface area contributed by atoms with E-state index in [4.69, 9.17) is 41.0 Å². The standard InChI is InChI=1S/C48H66ClN5O13S/c1-26-11-10-12-35(64-9)48(62)25-46(4,67-45(61)51-48)27(2)41-47(5,66-41)36(23-38(56)53(7)32-20-30(19-26)21-33(63-8)40(32)49)65-44(60)28(3)52(6)37(55)17-18-68-34-22-39(57)54(43(34)59)24-29-13-15-31(16-14-29)42(50)58/h10-12,20-21,27-29,31,34-36,41,62H,13-19,22-25H2,1-9H3,(H2,50,58)(H,51,61)/b12-10+,26-11+/t27-,28?,29?,31?,34?,35+,36-,41-,46-,47-,48?/m0/s1. The first-order valence-corrected chi connectivity index (χ1v) is 24.5. The quantitative estimate of drug-likeness (QED) is 0.149. The third kappa shape index (κ3) is 11.3. The molecule has 3 saturated heterocycles. The van der Waals surface area contributed by atoms with Crippen LogP contribution in [0.2, 0.25) is 5.02 Å². The lowest BCUT2D eigenvalue weighted by Gasteiger charge is -2.47. The van der Waals surface area contributed by atoms with Crippen molar-refractivity contribution < 1.29 is 62.4 Å². The molecule has 4 bridgehead atoms. The summed E-state index contributed by atoms with van der Waals surface area (Å²) in [4.78, 5) is 96.9. The second-order valence-electron chi connectivity index (χ2n) is 19.3. The highest BCUT2D eigenvalue weighted by atomic mass is 35.5. The predicted octanol–water partition coefficient (Wildman–Crippen LogP) is 4.45. The molecule has 4 fully saturated rings. The minimum atomic E-state index is -1.91. The summed E-state index contributed by atoms with van der Waals surface area (Å²) >= 11 is 8.03. The number of thioether (sulfide) groups is 1. The molecule has 1 aromatic rings. The van der Waals surface area contributed by atoms with Crippen molar-refractivity contribution in [2.45, 2.75) is 139 Å². The Hall–Kier alpha value is -4.69. The van der Waals surface area contributed by atoms with E-state index in [1.165, 1.54) is 54.7 Å². The van der Waals surface area contributed by atoms with Crippen molar-refractivity contribution in [1.82, 2.24) is 15.1 Å². The number of carbonyl (C=O) groups is 7. The second-order valence-corrected chi connectivity index (χ2v) is 21.0. The Morgan fingerprint density at radius 2 is 1.78 bits per heavy atom. The normalized spacial score (nSPS) is 33.9. The predicted molar refractivity (Wildman–Crippen MR) is 252 cm³/mol. The van der Waals surface area contributed by atoms with Crippen LogP contribution in [0.25, 0.3) is 0 Å². The molecule has 0 spiro atoms. The van der Waals surface area contributed by atoms with Gasteiger partial charge in [0.1, 0.15) is 40.2 Å². The summed E-state index contributed by atoms with van der Waals surface area (Å²) in [7, 11) is 5.89. The van der Waals surface area contributed by atoms with Gasteiger partial charge in [-0.15, -0.1) is 11.8 Å². The van der Waals surface area contributed by atoms with Crippen molar-refractivity contribution in [2.75, 3.05) is 45.5 Å². The highest BCUT2D eigenvalue weighted by molar-refractivity contribution is 8.00. The number of carbonyl (C=O) groups excluding carboxylic acids is 7. The minimum absolute atomic E-state index is 0.0230. The number of anilines is 1. The highest BCUT2D eigenvalue weighted by Gasteiger charge is 2.67. The third-order valence-electron chi connectivity index (χ3n) is 14.6. The monoisotopic (exact) mass is 987 g/mol. The Morgan fingerprint density at radius 1 is 1.09 bits per heavy atom. The molecule has 3 unspecified atom stereocenters. The fraction of sp³-hybridized carbons (Fsp3) is 0.646. The van der Waals surface area contributed by atoms with Crippen LogP contribution in [0.5, 0.6) is 5.75 Å². The fourth-order valence-electron chi connectivity index (χ4n) is 9.87. The molecule has 374 valence electrons. The number of primary amides is 1. The van der Waals surface area contributed by atoms with Gasteiger partial charge in [-0.05, 0) is 83.4 Å². The number of hydrogen-bond acceptors (Lipinski definition) is 14. The molecule has 4 aliphatic heterocycles. The molecular weight excluding hydrogens is 922 g/mol. The number of rotatable bonds is 12. The van der Waals surface area contributed by atoms with Gasteiger partial charge in [0.05, 0.1) is 30.6 Å². The van der Waals surface area contributed by atoms with Crippen LogP contribution < -0.4 is 20.7 Å². The van der Waals surface area contributed by atoms with E-state index in [2.05, 4.69) is 5.32 Å². The fourth-order valence-corrected chi connectivity index (χ4v) is 11.3. The summed E-state index contributed by atoms with van der Waals surface area (Å²) < 4.78 is 29.7. The summed E-state index contributed by atoms with van der Waals surface area (Å²) in [6, 6.07) is 2.41. The summed E-state index contributed by atoms with van der Waals surface area (Å²) in [5.74, 6) is -2.79. The Bertz CT molecular complexity index is 2220. The number of alkyl carbamates (subject to hydrolysis) is 1. The lowest BCUT2D eigenvalue weighted by atomic mass is 9.75. The molecule has 4 heterocycles. The lowest BCUT2D eigenvalue weighted by molar-refractivity contribution is -0.173. The zero-order chi connectivity index (χ0) is 50.0. The maximum atomic E-state index is 14.4. The van der Waals surface area contributed by atoms with Gasteiger partial charge >= 0.3 is 12.1 Å². The second kappa shape index (κ2) is 21.1. The average molecular weight is 989 g/mol. The molecule has 0 aromatic heterocycles. The van der Waals surface area contributed by atoms with Crippen molar-refractivity contribution in [3.05, 3.63) is 46.5 Å². The van der Waals surface area contributed by atoms with E-state index in [0.29, 0.717) is 50.1 Å². The first-order chi connectivity index (χ1) is 31.9. The number of amides is 6. The smallest absolute Gasteiger partial charge is 0.410 e. The van der Waals surface area contributed by atoms with Crippen LogP contribution in [0.15, 0.2) is 35.9 Å². The van der Waals surface area contributed by atoms with Gasteiger partial charge < -0.3 is 44.3 Å². The van der Waals surface area contributed by atoms with Gasteiger partial charge in [-0.25, -0.2) is 9.59 Å². The molecule has 6 amide bonds. The number of halogens is 1. The Labute approximate surface area is 406 Å². The van der Waals surface area contributed by atoms with E-state index in [0.717, 1.165) is 11.1 Å². The van der Waals surface area contributed by atoms with Crippen LogP contribution in [0.4, 0.5) is 10.5 Å². The summed E-state index contributed by atoms with van der Waals surface area (Å²) in [5.41, 5.74) is 2.90. The zero-order valence-corrected chi connectivity index (χ0v) is 41.9. The molecule has 5 aliphatic rings. The summed E-state index contributed by atoms with van der Waals surface area (Å²) in [6.45, 7) is 8.84. The Morgan fingerprint density at radius 3 is 2.43 bits per heavy atom. The first kappa shape index (κ1) is 52.7. The van der Waals surface area contributed by atoms with E-state index >= 15 is 0 Å². The van der Waals surface area contributed by atoms with Crippen molar-refractivity contribution in [3.8, 4) is 5.75 Å². The van der Waals surface area contributed by atoms with Gasteiger partial charge in [-0.3, -0.25) is 34.2 Å². The van der Waals surface area contributed by atoms with Gasteiger partial charge in [-0.1, -0.05) is 42.3 Å². The Kier molecular flexibility index (Phi) is 16.4. The number of epoxide rings is 1. The number of benzene rings is 1. The highest BCUT2D eigenvalue weighted by Crippen LogP contribution is 2.52. The van der Waals surface area contributed by atoms with E-state index in [1.54, 1.807) is 52.1 Å². The first-order valence-electron chi connectivity index (χ1n) is 23.1. The third-order valence-corrected chi connectivity index (χ3v) is 16.2. The molecule has 1 saturated carbocycles. The number of likely N-dealkylation sites (N-methyl/N-ethyl adjacent to an activating group) is 1. The largest absolute Gasteiger partial charge is 0.495 e. The molecule has 18 nitrogen and oxygen atoms in total. The molecule has 1 aromatic carbocycles. The van der Waals surface area contributed by atoms with Gasteiger partial charge in [0.2, 0.25) is 29.5 Å². The van der Waals surface area contributed by atoms with Crippen LogP contribution in [-0.4, -0.2) is 144 Å². The van der Waals surface area contributed by atoms with E-state index < -0.39 is 76.3 Å². The molecule has 1 aliphatic carbocycles. The topological polar surface area (TPSA) is 237 Å². The van der Waals surface area contributed by atoms with Crippen molar-refractivity contribution >= 4 is 70.6 Å². The number of aliphatic hydroxyl groups is 1. The molecule has 6 rings (SSSR count). The van der Waals surface area contributed by atoms with Crippen LogP contribution in [0, 0.1) is 17.8 Å². The number of imide groups is 1. The van der Waals surface area contributed by atoms with E-state index in [1.807, 2.05) is 13.0 Å². The number of esters is 1. The molecule has 9 atom stereocenters. The number of ether oxygens (including phenoxy) is 5. The molecule has 68 heavy (non-hydrogen) atoms. The van der Waals surface area contributed by atoms with Crippen LogP contribution in [0.3, 0.4) is 0 Å². The van der Waals surface area contributed by atoms with Crippen molar-refractivity contribution in [1.29, 1.82) is 0 Å². The van der Waals surface area contributed by atoms with E-state index in [9.17, 15) is 38.7 Å². The minimum Gasteiger partial charge on any atom is -0.495 e. The van der Waals surface area contributed by atoms with Crippen molar-refractivity contribution in [2.24, 2.45) is 23.5 Å². The summed E-state index contributed by atoms with van der Waals surface area (Å²) in [6.07, 6.45) is 3.88. The Balaban J connectivity index is 1.18. The molecular formula is C48H66ClN5O13S. The van der Waals surface area contributed by atoms with Crippen LogP contribution in [0.1, 0.15) is 91.5 Å². The van der Waals surface area contributed by atoms with Gasteiger partial charge in [0.15, 0.2) is 5.72 Å². The number of methoxy groups -OCH3 is 2. The van der Waals surface area contributed by atoms with Gasteiger partial charge in [0, 0.05) is 64.6 Å². The van der Waals surface area contributed by atoms with Gasteiger partial charge in [-0.2, -0.15) is 0 Å². The molecule has 20 heteroatoms. The number of fused-ring (bicyclic) bond motifs is 5.